The molecule has 0 saturated carbocycles. The monoisotopic (exact) mass is 2110 g/mol. The zero-order valence-electron chi connectivity index (χ0n) is 61.9. The first-order chi connectivity index (χ1) is 57.1. The highest BCUT2D eigenvalue weighted by atomic mass is 127. The van der Waals surface area contributed by atoms with Gasteiger partial charge in [-0.2, -0.15) is 20.4 Å². The lowest BCUT2D eigenvalue weighted by molar-refractivity contribution is 0.0701. The van der Waals surface area contributed by atoms with Gasteiger partial charge in [-0.3, -0.25) is 33.5 Å². The van der Waals surface area contributed by atoms with Crippen molar-refractivity contribution < 1.29 is 88.3 Å². The van der Waals surface area contributed by atoms with Gasteiger partial charge in [-0.25, -0.2) is 48.7 Å². The minimum atomic E-state index is -1.61. The van der Waals surface area contributed by atoms with Crippen LogP contribution >= 0.6 is 143 Å². The number of rotatable bonds is 12. The highest BCUT2D eigenvalue weighted by Gasteiger charge is 2.22. The quantitative estimate of drug-likeness (QED) is 0.0137. The number of anilines is 3. The van der Waals surface area contributed by atoms with E-state index >= 15 is 0 Å². The number of aromatic carboxylic acids is 1. The maximum atomic E-state index is 13.4. The molecule has 7 aromatic carbocycles. The van der Waals surface area contributed by atoms with Crippen molar-refractivity contribution in [3.8, 4) is 45.0 Å². The molecule has 0 saturated heterocycles. The number of carboxylic acid groups (broad SMARTS) is 1. The zero-order chi connectivity index (χ0) is 88.4. The van der Waals surface area contributed by atoms with Gasteiger partial charge >= 0.3 is 20.2 Å². The number of H-pyrrole nitrogens is 1. The number of aromatic amines is 1. The van der Waals surface area contributed by atoms with Crippen molar-refractivity contribution in [2.45, 2.75) is 0 Å². The first-order valence-electron chi connectivity index (χ1n) is 33.4. The molecule has 0 spiro atoms. The molecule has 0 unspecified atom stereocenters. The summed E-state index contributed by atoms with van der Waals surface area (Å²) >= 11 is 25.0. The van der Waals surface area contributed by atoms with E-state index in [-0.39, 0.29) is 34.5 Å². The molecule has 0 atom stereocenters. The van der Waals surface area contributed by atoms with Crippen LogP contribution in [0.3, 0.4) is 0 Å². The van der Waals surface area contributed by atoms with E-state index in [1.807, 2.05) is 12.0 Å². The predicted molar refractivity (Wildman–Crippen MR) is 474 cm³/mol. The van der Waals surface area contributed by atoms with Crippen molar-refractivity contribution in [2.75, 3.05) is 21.3 Å². The van der Waals surface area contributed by atoms with E-state index in [1.165, 1.54) is 109 Å². The Bertz CT molecular complexity index is 5550. The molecular weight excluding hydrogens is 2060 g/mol. The Labute approximate surface area is 747 Å². The molecule has 0 radical (unpaired) electrons. The molecule has 2 amide bonds. The van der Waals surface area contributed by atoms with Crippen LogP contribution in [-0.2, 0) is 21.1 Å². The molecule has 20 nitrogen and oxygen atoms in total. The fourth-order valence-corrected chi connectivity index (χ4v) is 14.4. The lowest BCUT2D eigenvalue weighted by Gasteiger charge is -2.05. The number of nitrogens with two attached hydrogens (primary N) is 1. The van der Waals surface area contributed by atoms with Gasteiger partial charge in [0.2, 0.25) is 0 Å². The lowest BCUT2D eigenvalue weighted by Crippen LogP contribution is -2.35. The van der Waals surface area contributed by atoms with Crippen LogP contribution in [0.15, 0.2) is 252 Å². The lowest BCUT2D eigenvalue weighted by atomic mass is 9.85. The standard InChI is InChI=1S/2C11H6BrF2NOS.2C10H10BFN2O2.C10H9FN2.C9H7FN2.C6H5F2N.C5H2BrClOS.C5H3BrO2S.CH3I/c2*12-9-5-4-8(17-9)11(16)15-10-6(13)2-1-3-7(10)14;2*1-14-10(11(15)16)6-9(13-14)7-4-2-3-5-8(7)12;1-13-7-6-10(12-13)8-4-2-3-5-9(8)11;10-8-4-2-1-3-7(8)9-5-6-11-12-9;7-4-2-1-3-5(8)6(4)9;2*6-4-2-1-3(9-4)5(7)8;1-2/h2*1-5H,(H,15,16);2*2-6,15-16H,1H3;2-7H,1H3;1-6H,(H,11,12);1-3H,9H2;1-2H;1-2H,(H,7,8);1H3. The molecule has 15 aromatic rings. The fourth-order valence-electron chi connectivity index (χ4n) is 9.18. The normalized spacial score (nSPS) is 10.0. The van der Waals surface area contributed by atoms with Crippen LogP contribution < -0.4 is 27.6 Å². The summed E-state index contributed by atoms with van der Waals surface area (Å²) in [6.07, 6.45) is 3.39. The van der Waals surface area contributed by atoms with Crippen molar-refractivity contribution >= 4 is 209 Å². The first-order valence-corrected chi connectivity index (χ1v) is 42.4. The number of hydrogen-bond acceptors (Lipinski definition) is 17. The number of amides is 2. The van der Waals surface area contributed by atoms with Gasteiger partial charge in [-0.05, 0) is 238 Å². The largest absolute Gasteiger partial charge is 0.507 e. The van der Waals surface area contributed by atoms with E-state index in [0.29, 0.717) is 64.5 Å². The number of aromatic nitrogens is 8. The van der Waals surface area contributed by atoms with E-state index in [4.69, 9.17) is 42.5 Å². The summed E-state index contributed by atoms with van der Waals surface area (Å²) in [6, 6.07) is 55.6. The number of nitrogen functional groups attached to an aromatic ring is 1. The SMILES string of the molecule is CI.Cn1ccc(-c2ccccc2F)n1.Cn1nc(-c2ccccc2F)cc1B(O)O.Cn1nc(-c2ccccc2F)cc1B(O)O.Fc1ccccc1-c1ccn[nH]1.Nc1c(F)cccc1F.O=C(Cl)c1ccc(Br)s1.O=C(Nc1c(F)cccc1F)c1ccc(Br)s1.O=C(Nc1c(F)cccc1F)c1ccc(Br)s1.O=C(O)c1ccc(Br)s1. The molecule has 15 rings (SSSR count). The fraction of sp³-hybridized carbons (Fsp3) is 0.0513. The van der Waals surface area contributed by atoms with Gasteiger partial charge < -0.3 is 41.6 Å². The number of para-hydroxylation sites is 3. The molecule has 0 bridgehead atoms. The number of carbonyl (C=O) groups excluding carboxylic acids is 3. The number of nitrogens with zero attached hydrogens (tertiary/aromatic N) is 7. The van der Waals surface area contributed by atoms with Gasteiger partial charge in [-0.15, -0.1) is 45.3 Å². The van der Waals surface area contributed by atoms with Crippen LogP contribution in [0, 0.1) is 58.2 Å². The summed E-state index contributed by atoms with van der Waals surface area (Å²) in [4.78, 5) is 47.6. The van der Waals surface area contributed by atoms with Gasteiger partial charge in [0, 0.05) is 55.8 Å². The van der Waals surface area contributed by atoms with E-state index in [1.54, 1.807) is 165 Å². The number of carbonyl (C=O) groups is 4. The van der Waals surface area contributed by atoms with Crippen LogP contribution in [0.25, 0.3) is 45.0 Å². The third kappa shape index (κ3) is 31.1. The molecule has 120 heavy (non-hydrogen) atoms. The first kappa shape index (κ1) is 99.1. The van der Waals surface area contributed by atoms with Crippen LogP contribution in [-0.4, -0.2) is 107 Å². The van der Waals surface area contributed by atoms with E-state index in [2.05, 4.69) is 122 Å². The maximum absolute atomic E-state index is 13.4. The third-order valence-electron chi connectivity index (χ3n) is 14.7. The number of thiophene rings is 4. The van der Waals surface area contributed by atoms with Crippen LogP contribution in [0.5, 0.6) is 0 Å². The molecule has 624 valence electrons. The molecule has 0 aliphatic rings. The molecule has 8 aromatic heterocycles. The minimum absolute atomic E-state index is 0.221. The number of halogens is 16. The summed E-state index contributed by atoms with van der Waals surface area (Å²) < 4.78 is 138. The highest BCUT2D eigenvalue weighted by molar-refractivity contribution is 14.1. The Morgan fingerprint density at radius 1 is 0.425 bits per heavy atom. The van der Waals surface area contributed by atoms with Crippen LogP contribution in [0.2, 0.25) is 0 Å². The zero-order valence-corrected chi connectivity index (χ0v) is 74.5. The molecule has 0 fully saturated rings. The average Bonchev–Trinajstić information content (AvgIpc) is 1.62. The Morgan fingerprint density at radius 3 is 1.00 bits per heavy atom. The van der Waals surface area contributed by atoms with Gasteiger partial charge in [0.25, 0.3) is 17.1 Å². The van der Waals surface area contributed by atoms with Crippen molar-refractivity contribution in [3.63, 3.8) is 0 Å². The Morgan fingerprint density at radius 2 is 0.742 bits per heavy atom. The molecule has 10 N–H and O–H groups in total. The third-order valence-corrected chi connectivity index (χ3v) is 21.5. The molecule has 0 aliphatic heterocycles. The van der Waals surface area contributed by atoms with Crippen molar-refractivity contribution in [1.82, 2.24) is 39.5 Å². The number of aryl methyl sites for hydroxylation is 3. The number of nitrogens with one attached hydrogen (secondary N) is 3. The van der Waals surface area contributed by atoms with Crippen molar-refractivity contribution in [1.29, 1.82) is 0 Å². The second-order valence-corrected chi connectivity index (χ2v) is 33.1. The van der Waals surface area contributed by atoms with E-state index < -0.39 is 89.2 Å². The maximum Gasteiger partial charge on any atom is 0.507 e. The van der Waals surface area contributed by atoms with Crippen LogP contribution in [0.1, 0.15) is 38.7 Å². The van der Waals surface area contributed by atoms with Gasteiger partial charge in [-0.1, -0.05) is 89.3 Å². The van der Waals surface area contributed by atoms with E-state index in [0.717, 1.165) is 51.5 Å². The van der Waals surface area contributed by atoms with Gasteiger partial charge in [0.05, 0.1) is 63.7 Å². The number of alkyl halides is 1. The Hall–Kier alpha value is -9.73. The predicted octanol–water partition coefficient (Wildman–Crippen LogP) is 20.0. The number of carboxylic acids is 1. The second kappa shape index (κ2) is 49.9. The number of benzene rings is 7. The molecular formula is C78H61B2Br4ClF10IN11O9S4. The van der Waals surface area contributed by atoms with Gasteiger partial charge in [0.1, 0.15) is 80.1 Å². The summed E-state index contributed by atoms with van der Waals surface area (Å²) in [6.45, 7) is 0. The Balaban J connectivity index is 0.000000211. The smallest absolute Gasteiger partial charge is 0.477 e. The Kier molecular flexibility index (Phi) is 41.2. The summed E-state index contributed by atoms with van der Waals surface area (Å²) in [5.74, 6) is -7.81. The summed E-state index contributed by atoms with van der Waals surface area (Å²) in [7, 11) is 1.72. The van der Waals surface area contributed by atoms with Crippen LogP contribution in [0.4, 0.5) is 61.0 Å². The average molecular weight is 2120 g/mol. The molecule has 0 aliphatic carbocycles. The van der Waals surface area contributed by atoms with Gasteiger partial charge in [0.15, 0.2) is 0 Å². The topological polar surface area (TPSA) is 302 Å². The summed E-state index contributed by atoms with van der Waals surface area (Å²) in [5, 5.41) is 67.2. The summed E-state index contributed by atoms with van der Waals surface area (Å²) in [5.41, 5.74) is 7.99. The minimum Gasteiger partial charge on any atom is -0.477 e. The molecule has 8 heterocycles. The van der Waals surface area contributed by atoms with E-state index in [9.17, 15) is 63.1 Å². The second-order valence-electron chi connectivity index (χ2n) is 22.9. The number of hydrogen-bond donors (Lipinski definition) is 9. The van der Waals surface area contributed by atoms with Crippen molar-refractivity contribution in [2.24, 2.45) is 21.1 Å². The van der Waals surface area contributed by atoms with Crippen molar-refractivity contribution in [3.05, 3.63) is 330 Å². The molecule has 42 heteroatoms. The highest BCUT2D eigenvalue weighted by Crippen LogP contribution is 2.30.